The highest BCUT2D eigenvalue weighted by Crippen LogP contribution is 2.11. The first-order valence-electron chi connectivity index (χ1n) is 6.90. The van der Waals surface area contributed by atoms with Gasteiger partial charge in [0.15, 0.2) is 0 Å². The van der Waals surface area contributed by atoms with E-state index < -0.39 is 6.10 Å². The quantitative estimate of drug-likeness (QED) is 0.541. The second-order valence-corrected chi connectivity index (χ2v) is 5.47. The topological polar surface area (TPSA) is 104 Å². The average Bonchev–Trinajstić information content (AvgIpc) is 2.51. The minimum atomic E-state index is -0.567. The maximum atomic E-state index is 11.8. The van der Waals surface area contributed by atoms with Crippen molar-refractivity contribution in [2.45, 2.75) is 57.7 Å². The molecule has 1 rings (SSSR count). The Morgan fingerprint density at radius 3 is 2.79 bits per heavy atom. The van der Waals surface area contributed by atoms with Gasteiger partial charge in [-0.25, -0.2) is 0 Å². The van der Waals surface area contributed by atoms with E-state index in [-0.39, 0.29) is 30.2 Å². The molecule has 0 aromatic carbocycles. The molecule has 2 amide bonds. The lowest BCUT2D eigenvalue weighted by Gasteiger charge is -2.21. The van der Waals surface area contributed by atoms with Crippen LogP contribution in [-0.4, -0.2) is 41.7 Å². The van der Waals surface area contributed by atoms with Crippen LogP contribution in [0.2, 0.25) is 0 Å². The van der Waals surface area contributed by atoms with Gasteiger partial charge in [-0.1, -0.05) is 6.92 Å². The summed E-state index contributed by atoms with van der Waals surface area (Å²) in [5, 5.41) is 16.0. The van der Waals surface area contributed by atoms with Crippen LogP contribution < -0.4 is 16.4 Å². The third-order valence-electron chi connectivity index (χ3n) is 3.69. The first kappa shape index (κ1) is 15.9. The number of β-amino-alcohol motifs (C(OH)–C–C–N with tert-alkyl or cyclic N) is 1. The molecular weight excluding hydrogens is 246 g/mol. The maximum Gasteiger partial charge on any atom is 0.220 e. The van der Waals surface area contributed by atoms with Gasteiger partial charge in [0, 0.05) is 24.9 Å². The Morgan fingerprint density at radius 1 is 1.47 bits per heavy atom. The Kier molecular flexibility index (Phi) is 6.24. The molecule has 19 heavy (non-hydrogen) atoms. The van der Waals surface area contributed by atoms with Crippen molar-refractivity contribution < 1.29 is 14.7 Å². The summed E-state index contributed by atoms with van der Waals surface area (Å²) in [6, 6.07) is 0.139. The molecular formula is C13H25N3O3. The van der Waals surface area contributed by atoms with Crippen molar-refractivity contribution in [3.8, 4) is 0 Å². The number of carbonyl (C=O) groups is 2. The molecule has 0 bridgehead atoms. The predicted molar refractivity (Wildman–Crippen MR) is 72.2 cm³/mol. The highest BCUT2D eigenvalue weighted by atomic mass is 16.3. The van der Waals surface area contributed by atoms with Gasteiger partial charge in [0.05, 0.1) is 12.1 Å². The van der Waals surface area contributed by atoms with Crippen molar-refractivity contribution in [2.24, 2.45) is 11.7 Å². The van der Waals surface area contributed by atoms with Crippen molar-refractivity contribution in [3.63, 3.8) is 0 Å². The number of nitrogens with two attached hydrogens (primary N) is 1. The fourth-order valence-electron chi connectivity index (χ4n) is 2.13. The van der Waals surface area contributed by atoms with Gasteiger partial charge >= 0.3 is 0 Å². The SMILES string of the molecule is C[C@@H]1CC[C@H](NC(=O)CC[C@H](C)C(N)=O)[C@@H](O)CN1. The van der Waals surface area contributed by atoms with Crippen LogP contribution in [0.1, 0.15) is 39.5 Å². The summed E-state index contributed by atoms with van der Waals surface area (Å²) in [7, 11) is 0. The number of aliphatic hydroxyl groups is 1. The molecule has 6 nitrogen and oxygen atoms in total. The zero-order valence-electron chi connectivity index (χ0n) is 11.7. The molecule has 0 aliphatic carbocycles. The highest BCUT2D eigenvalue weighted by Gasteiger charge is 2.25. The Morgan fingerprint density at radius 2 is 2.16 bits per heavy atom. The van der Waals surface area contributed by atoms with Crippen LogP contribution in [0.15, 0.2) is 0 Å². The van der Waals surface area contributed by atoms with Crippen molar-refractivity contribution in [1.29, 1.82) is 0 Å². The van der Waals surface area contributed by atoms with Crippen molar-refractivity contribution >= 4 is 11.8 Å². The minimum Gasteiger partial charge on any atom is -0.390 e. The van der Waals surface area contributed by atoms with Crippen LogP contribution in [0.3, 0.4) is 0 Å². The number of amides is 2. The van der Waals surface area contributed by atoms with Gasteiger partial charge in [0.25, 0.3) is 0 Å². The average molecular weight is 271 g/mol. The van der Waals surface area contributed by atoms with E-state index in [0.29, 0.717) is 19.0 Å². The molecule has 1 aliphatic rings. The van der Waals surface area contributed by atoms with E-state index in [1.807, 2.05) is 0 Å². The van der Waals surface area contributed by atoms with E-state index in [2.05, 4.69) is 17.6 Å². The number of aliphatic hydroxyl groups excluding tert-OH is 1. The molecule has 1 saturated heterocycles. The van der Waals surface area contributed by atoms with Crippen LogP contribution in [0.4, 0.5) is 0 Å². The van der Waals surface area contributed by atoms with Gasteiger partial charge in [-0.3, -0.25) is 9.59 Å². The Labute approximate surface area is 114 Å². The molecule has 1 aliphatic heterocycles. The molecule has 1 heterocycles. The summed E-state index contributed by atoms with van der Waals surface area (Å²) < 4.78 is 0. The van der Waals surface area contributed by atoms with Crippen LogP contribution >= 0.6 is 0 Å². The fraction of sp³-hybridized carbons (Fsp3) is 0.846. The van der Waals surface area contributed by atoms with Crippen molar-refractivity contribution in [2.75, 3.05) is 6.54 Å². The van der Waals surface area contributed by atoms with Gasteiger partial charge in [0.1, 0.15) is 0 Å². The van der Waals surface area contributed by atoms with Crippen molar-refractivity contribution in [1.82, 2.24) is 10.6 Å². The molecule has 0 spiro atoms. The first-order valence-corrected chi connectivity index (χ1v) is 6.90. The lowest BCUT2D eigenvalue weighted by molar-refractivity contribution is -0.124. The third kappa shape index (κ3) is 5.57. The molecule has 5 N–H and O–H groups in total. The zero-order valence-corrected chi connectivity index (χ0v) is 11.7. The Bertz CT molecular complexity index is 322. The number of hydrogen-bond acceptors (Lipinski definition) is 4. The van der Waals surface area contributed by atoms with E-state index in [0.717, 1.165) is 12.8 Å². The summed E-state index contributed by atoms with van der Waals surface area (Å²) in [5.74, 6) is -0.821. The second-order valence-electron chi connectivity index (χ2n) is 5.47. The predicted octanol–water partition coefficient (Wildman–Crippen LogP) is -0.494. The number of hydrogen-bond donors (Lipinski definition) is 4. The number of rotatable bonds is 5. The Hall–Kier alpha value is -1.14. The molecule has 0 radical (unpaired) electrons. The normalized spacial score (nSPS) is 29.3. The van der Waals surface area contributed by atoms with Crippen molar-refractivity contribution in [3.05, 3.63) is 0 Å². The molecule has 0 saturated carbocycles. The lowest BCUT2D eigenvalue weighted by atomic mass is 10.0. The van der Waals surface area contributed by atoms with Crippen LogP contribution in [0, 0.1) is 5.92 Å². The molecule has 0 aromatic rings. The van der Waals surface area contributed by atoms with Crippen LogP contribution in [0.25, 0.3) is 0 Å². The minimum absolute atomic E-state index is 0.133. The number of carbonyl (C=O) groups excluding carboxylic acids is 2. The summed E-state index contributed by atoms with van der Waals surface area (Å²) in [6.07, 6.45) is 1.81. The van der Waals surface area contributed by atoms with Gasteiger partial charge in [-0.2, -0.15) is 0 Å². The van der Waals surface area contributed by atoms with E-state index in [9.17, 15) is 14.7 Å². The lowest BCUT2D eigenvalue weighted by Crippen LogP contribution is -2.45. The van der Waals surface area contributed by atoms with Crippen LogP contribution in [-0.2, 0) is 9.59 Å². The van der Waals surface area contributed by atoms with E-state index in [1.54, 1.807) is 6.92 Å². The highest BCUT2D eigenvalue weighted by molar-refractivity contribution is 5.79. The molecule has 110 valence electrons. The van der Waals surface area contributed by atoms with Gasteiger partial charge < -0.3 is 21.5 Å². The molecule has 1 fully saturated rings. The molecule has 6 heteroatoms. The summed E-state index contributed by atoms with van der Waals surface area (Å²) >= 11 is 0. The second kappa shape index (κ2) is 7.45. The summed E-state index contributed by atoms with van der Waals surface area (Å²) in [4.78, 5) is 22.7. The van der Waals surface area contributed by atoms with Gasteiger partial charge in [-0.05, 0) is 26.2 Å². The van der Waals surface area contributed by atoms with Gasteiger partial charge in [-0.15, -0.1) is 0 Å². The number of primary amides is 1. The van der Waals surface area contributed by atoms with E-state index in [4.69, 9.17) is 5.73 Å². The third-order valence-corrected chi connectivity index (χ3v) is 3.69. The zero-order chi connectivity index (χ0) is 14.4. The molecule has 4 atom stereocenters. The molecule has 0 aromatic heterocycles. The van der Waals surface area contributed by atoms with E-state index in [1.165, 1.54) is 0 Å². The Balaban J connectivity index is 2.36. The molecule has 0 unspecified atom stereocenters. The standard InChI is InChI=1S/C13H25N3O3/c1-8(13(14)19)3-6-12(18)16-10-5-4-9(2)15-7-11(10)17/h8-11,15,17H,3-7H2,1-2H3,(H2,14,19)(H,16,18)/t8-,9+,10-,11-/m0/s1. The maximum absolute atomic E-state index is 11.8. The largest absolute Gasteiger partial charge is 0.390 e. The first-order chi connectivity index (χ1) is 8.90. The summed E-state index contributed by atoms with van der Waals surface area (Å²) in [5.41, 5.74) is 5.15. The monoisotopic (exact) mass is 271 g/mol. The van der Waals surface area contributed by atoms with E-state index >= 15 is 0 Å². The van der Waals surface area contributed by atoms with Crippen LogP contribution in [0.5, 0.6) is 0 Å². The fourth-order valence-corrected chi connectivity index (χ4v) is 2.13. The smallest absolute Gasteiger partial charge is 0.220 e. The van der Waals surface area contributed by atoms with Gasteiger partial charge in [0.2, 0.25) is 11.8 Å². The summed E-state index contributed by atoms with van der Waals surface area (Å²) in [6.45, 7) is 4.26. The number of nitrogens with one attached hydrogen (secondary N) is 2.